The third kappa shape index (κ3) is 4.18. The maximum absolute atomic E-state index is 13.3. The standard InChI is InChI=1S/C26H30N2O2/c1-4-30-20-14-12-19(13-15-20)25-16-22(21-9-5-6-10-24(21)27-25)26(29)28-23-11-7-8-17(2)18(23)3/h5-6,9-10,12-18,23H,4,7-8,11H2,1-3H3,(H,28,29)/t17-,18-,23-/m1/s1. The molecule has 1 aromatic heterocycles. The van der Waals surface area contributed by atoms with Crippen molar-refractivity contribution in [1.29, 1.82) is 0 Å². The highest BCUT2D eigenvalue weighted by atomic mass is 16.5. The van der Waals surface area contributed by atoms with Gasteiger partial charge >= 0.3 is 0 Å². The fourth-order valence-corrected chi connectivity index (χ4v) is 4.43. The van der Waals surface area contributed by atoms with E-state index in [2.05, 4.69) is 19.2 Å². The van der Waals surface area contributed by atoms with E-state index in [0.717, 1.165) is 34.3 Å². The van der Waals surface area contributed by atoms with Gasteiger partial charge in [-0.25, -0.2) is 4.98 Å². The molecule has 4 rings (SSSR count). The summed E-state index contributed by atoms with van der Waals surface area (Å²) in [7, 11) is 0. The number of para-hydroxylation sites is 1. The summed E-state index contributed by atoms with van der Waals surface area (Å²) in [6.45, 7) is 7.15. The molecular weight excluding hydrogens is 372 g/mol. The molecule has 3 atom stereocenters. The predicted octanol–water partition coefficient (Wildman–Crippen LogP) is 5.86. The Morgan fingerprint density at radius 3 is 2.63 bits per heavy atom. The summed E-state index contributed by atoms with van der Waals surface area (Å²) >= 11 is 0. The Kier molecular flexibility index (Phi) is 6.03. The van der Waals surface area contributed by atoms with Crippen molar-refractivity contribution in [3.05, 3.63) is 60.2 Å². The van der Waals surface area contributed by atoms with Crippen molar-refractivity contribution < 1.29 is 9.53 Å². The fraction of sp³-hybridized carbons (Fsp3) is 0.385. The van der Waals surface area contributed by atoms with E-state index in [1.807, 2.05) is 61.5 Å². The molecule has 1 aliphatic rings. The van der Waals surface area contributed by atoms with Crippen molar-refractivity contribution in [2.45, 2.75) is 46.1 Å². The minimum absolute atomic E-state index is 0.00765. The number of hydrogen-bond donors (Lipinski definition) is 1. The van der Waals surface area contributed by atoms with Gasteiger partial charge in [0.1, 0.15) is 5.75 Å². The number of hydrogen-bond acceptors (Lipinski definition) is 3. The van der Waals surface area contributed by atoms with Gasteiger partial charge in [-0.1, -0.05) is 44.9 Å². The van der Waals surface area contributed by atoms with Gasteiger partial charge in [0.2, 0.25) is 0 Å². The molecule has 2 aromatic carbocycles. The number of pyridine rings is 1. The maximum atomic E-state index is 13.3. The third-order valence-corrected chi connectivity index (χ3v) is 6.45. The summed E-state index contributed by atoms with van der Waals surface area (Å²) < 4.78 is 5.55. The Bertz CT molecular complexity index is 1030. The largest absolute Gasteiger partial charge is 0.494 e. The van der Waals surface area contributed by atoms with Gasteiger partial charge in [0, 0.05) is 17.0 Å². The topological polar surface area (TPSA) is 51.2 Å². The summed E-state index contributed by atoms with van der Waals surface area (Å²) in [6, 6.07) is 17.9. The molecule has 156 valence electrons. The van der Waals surface area contributed by atoms with Crippen LogP contribution in [0.5, 0.6) is 5.75 Å². The van der Waals surface area contributed by atoms with Crippen LogP contribution in [0.15, 0.2) is 54.6 Å². The van der Waals surface area contributed by atoms with Crippen molar-refractivity contribution in [2.24, 2.45) is 11.8 Å². The Morgan fingerprint density at radius 2 is 1.87 bits per heavy atom. The van der Waals surface area contributed by atoms with Gasteiger partial charge in [0.25, 0.3) is 5.91 Å². The first-order valence-corrected chi connectivity index (χ1v) is 11.0. The summed E-state index contributed by atoms with van der Waals surface area (Å²) in [5.41, 5.74) is 3.29. The fourth-order valence-electron chi connectivity index (χ4n) is 4.43. The SMILES string of the molecule is CCOc1ccc(-c2cc(C(=O)N[C@@H]3CCC[C@@H](C)[C@H]3C)c3ccccc3n2)cc1. The van der Waals surface area contributed by atoms with Crippen molar-refractivity contribution in [3.63, 3.8) is 0 Å². The van der Waals surface area contributed by atoms with Crippen molar-refractivity contribution in [2.75, 3.05) is 6.61 Å². The van der Waals surface area contributed by atoms with E-state index < -0.39 is 0 Å². The molecule has 1 fully saturated rings. The second kappa shape index (κ2) is 8.86. The van der Waals surface area contributed by atoms with E-state index >= 15 is 0 Å². The molecule has 0 aliphatic heterocycles. The van der Waals surface area contributed by atoms with E-state index in [9.17, 15) is 4.79 Å². The lowest BCUT2D eigenvalue weighted by molar-refractivity contribution is 0.0892. The van der Waals surface area contributed by atoms with Crippen LogP contribution in [0, 0.1) is 11.8 Å². The van der Waals surface area contributed by atoms with Crippen molar-refractivity contribution >= 4 is 16.8 Å². The molecule has 0 saturated heterocycles. The monoisotopic (exact) mass is 402 g/mol. The van der Waals surface area contributed by atoms with Crippen LogP contribution in [0.1, 0.15) is 50.4 Å². The molecule has 0 unspecified atom stereocenters. The first-order valence-electron chi connectivity index (χ1n) is 11.0. The summed E-state index contributed by atoms with van der Waals surface area (Å²) in [5, 5.41) is 4.22. The minimum atomic E-state index is -0.00765. The van der Waals surface area contributed by atoms with Crippen LogP contribution in [0.4, 0.5) is 0 Å². The summed E-state index contributed by atoms with van der Waals surface area (Å²) in [6.07, 6.45) is 3.46. The van der Waals surface area contributed by atoms with E-state index in [-0.39, 0.29) is 11.9 Å². The van der Waals surface area contributed by atoms with Crippen LogP contribution in [-0.2, 0) is 0 Å². The van der Waals surface area contributed by atoms with Gasteiger partial charge < -0.3 is 10.1 Å². The van der Waals surface area contributed by atoms with Gasteiger partial charge in [0.15, 0.2) is 0 Å². The molecule has 30 heavy (non-hydrogen) atoms. The highest BCUT2D eigenvalue weighted by molar-refractivity contribution is 6.07. The lowest BCUT2D eigenvalue weighted by Crippen LogP contribution is -2.43. The molecule has 4 nitrogen and oxygen atoms in total. The first-order chi connectivity index (χ1) is 14.6. The zero-order valence-corrected chi connectivity index (χ0v) is 18.0. The summed E-state index contributed by atoms with van der Waals surface area (Å²) in [4.78, 5) is 18.2. The molecule has 0 spiro atoms. The smallest absolute Gasteiger partial charge is 0.252 e. The third-order valence-electron chi connectivity index (χ3n) is 6.45. The lowest BCUT2D eigenvalue weighted by atomic mass is 9.78. The van der Waals surface area contributed by atoms with Crippen LogP contribution < -0.4 is 10.1 Å². The molecule has 0 radical (unpaired) electrons. The maximum Gasteiger partial charge on any atom is 0.252 e. The van der Waals surface area contributed by atoms with Gasteiger partial charge in [-0.3, -0.25) is 4.79 Å². The number of ether oxygens (including phenoxy) is 1. The zero-order chi connectivity index (χ0) is 21.1. The Hall–Kier alpha value is -2.88. The van der Waals surface area contributed by atoms with Gasteiger partial charge in [-0.15, -0.1) is 0 Å². The first kappa shape index (κ1) is 20.4. The van der Waals surface area contributed by atoms with Crippen LogP contribution in [0.3, 0.4) is 0 Å². The van der Waals surface area contributed by atoms with Crippen LogP contribution in [-0.4, -0.2) is 23.5 Å². The Labute approximate surface area is 178 Å². The molecule has 4 heteroatoms. The Balaban J connectivity index is 1.69. The predicted molar refractivity (Wildman–Crippen MR) is 122 cm³/mol. The molecule has 1 N–H and O–H groups in total. The summed E-state index contributed by atoms with van der Waals surface area (Å²) in [5.74, 6) is 1.95. The number of amides is 1. The highest BCUT2D eigenvalue weighted by Crippen LogP contribution is 2.31. The number of carbonyl (C=O) groups excluding carboxylic acids is 1. The number of nitrogens with one attached hydrogen (secondary N) is 1. The number of benzene rings is 2. The zero-order valence-electron chi connectivity index (χ0n) is 18.0. The number of carbonyl (C=O) groups is 1. The quantitative estimate of drug-likeness (QED) is 0.582. The minimum Gasteiger partial charge on any atom is -0.494 e. The van der Waals surface area contributed by atoms with Gasteiger partial charge in [0.05, 0.1) is 23.4 Å². The van der Waals surface area contributed by atoms with E-state index in [4.69, 9.17) is 9.72 Å². The van der Waals surface area contributed by atoms with E-state index in [1.165, 1.54) is 12.8 Å². The van der Waals surface area contributed by atoms with E-state index in [0.29, 0.717) is 24.0 Å². The molecule has 1 amide bonds. The second-order valence-corrected chi connectivity index (χ2v) is 8.38. The normalized spacial score (nSPS) is 21.4. The lowest BCUT2D eigenvalue weighted by Gasteiger charge is -2.34. The molecular formula is C26H30N2O2. The number of fused-ring (bicyclic) bond motifs is 1. The van der Waals surface area contributed by atoms with Gasteiger partial charge in [-0.2, -0.15) is 0 Å². The van der Waals surface area contributed by atoms with E-state index in [1.54, 1.807) is 0 Å². The molecule has 1 aliphatic carbocycles. The van der Waals surface area contributed by atoms with Crippen LogP contribution in [0.25, 0.3) is 22.2 Å². The molecule has 3 aromatic rings. The average molecular weight is 403 g/mol. The number of rotatable bonds is 5. The molecule has 1 saturated carbocycles. The number of aromatic nitrogens is 1. The van der Waals surface area contributed by atoms with Crippen molar-refractivity contribution in [3.8, 4) is 17.0 Å². The number of nitrogens with zero attached hydrogens (tertiary/aromatic N) is 1. The van der Waals surface area contributed by atoms with Gasteiger partial charge in [-0.05, 0) is 61.6 Å². The van der Waals surface area contributed by atoms with Crippen LogP contribution >= 0.6 is 0 Å². The highest BCUT2D eigenvalue weighted by Gasteiger charge is 2.29. The Morgan fingerprint density at radius 1 is 1.10 bits per heavy atom. The molecule has 1 heterocycles. The van der Waals surface area contributed by atoms with Crippen molar-refractivity contribution in [1.82, 2.24) is 10.3 Å². The molecule has 0 bridgehead atoms. The average Bonchev–Trinajstić information content (AvgIpc) is 2.77. The second-order valence-electron chi connectivity index (χ2n) is 8.38. The van der Waals surface area contributed by atoms with Crippen LogP contribution in [0.2, 0.25) is 0 Å².